The molecule has 0 saturated carbocycles. The Hall–Kier alpha value is -0.970. The second kappa shape index (κ2) is 4.04. The highest BCUT2D eigenvalue weighted by molar-refractivity contribution is 7.46. The van der Waals surface area contributed by atoms with Gasteiger partial charge in [-0.25, -0.2) is 13.3 Å². The predicted octanol–water partition coefficient (Wildman–Crippen LogP) is 2.10. The van der Waals surface area contributed by atoms with Crippen molar-refractivity contribution in [2.75, 3.05) is 0 Å². The van der Waals surface area contributed by atoms with E-state index < -0.39 is 14.2 Å². The van der Waals surface area contributed by atoms with E-state index in [1.54, 1.807) is 0 Å². The highest BCUT2D eigenvalue weighted by atomic mass is 31.2. The van der Waals surface area contributed by atoms with E-state index in [-0.39, 0.29) is 11.3 Å². The van der Waals surface area contributed by atoms with Crippen molar-refractivity contribution in [3.05, 3.63) is 29.8 Å². The van der Waals surface area contributed by atoms with E-state index in [1.807, 2.05) is 0 Å². The zero-order valence-corrected chi connectivity index (χ0v) is 7.70. The molecule has 2 N–H and O–H groups in total. The monoisotopic (exact) mass is 224 g/mol. The van der Waals surface area contributed by atoms with Gasteiger partial charge in [0.15, 0.2) is 0 Å². The summed E-state index contributed by atoms with van der Waals surface area (Å²) in [5.74, 6) is -0.150. The van der Waals surface area contributed by atoms with Gasteiger partial charge in [0.2, 0.25) is 0 Å². The van der Waals surface area contributed by atoms with Gasteiger partial charge in [-0.3, -0.25) is 9.79 Å². The van der Waals surface area contributed by atoms with Gasteiger partial charge in [-0.1, -0.05) is 0 Å². The van der Waals surface area contributed by atoms with Crippen molar-refractivity contribution in [1.29, 1.82) is 0 Å². The van der Waals surface area contributed by atoms with Crippen LogP contribution in [-0.2, 0) is 4.57 Å². The van der Waals surface area contributed by atoms with Gasteiger partial charge in [0.05, 0.1) is 0 Å². The summed E-state index contributed by atoms with van der Waals surface area (Å²) in [6.07, 6.45) is -2.61. The first-order chi connectivity index (χ1) is 6.38. The standard InChI is InChI=1S/C7H7F2O4P/c8-7(9)5-1-3-6(4-2-5)13-14(10,11)12/h1-4,7H,(H2,10,11,12). The Morgan fingerprint density at radius 3 is 2.07 bits per heavy atom. The van der Waals surface area contributed by atoms with Gasteiger partial charge in [0.25, 0.3) is 6.43 Å². The van der Waals surface area contributed by atoms with Crippen LogP contribution in [0.4, 0.5) is 8.78 Å². The molecule has 1 rings (SSSR count). The van der Waals surface area contributed by atoms with E-state index in [4.69, 9.17) is 9.79 Å². The van der Waals surface area contributed by atoms with Crippen molar-refractivity contribution >= 4 is 7.82 Å². The zero-order chi connectivity index (χ0) is 10.8. The van der Waals surface area contributed by atoms with Crippen LogP contribution < -0.4 is 4.52 Å². The molecule has 0 saturated heterocycles. The second-order valence-electron chi connectivity index (χ2n) is 2.45. The Balaban J connectivity index is 2.79. The topological polar surface area (TPSA) is 66.8 Å². The molecule has 0 spiro atoms. The Bertz CT molecular complexity index is 345. The summed E-state index contributed by atoms with van der Waals surface area (Å²) in [5, 5.41) is 0. The molecule has 0 aliphatic rings. The number of phosphoric ester groups is 1. The molecule has 0 unspecified atom stereocenters. The lowest BCUT2D eigenvalue weighted by atomic mass is 10.2. The van der Waals surface area contributed by atoms with Gasteiger partial charge in [-0.05, 0) is 24.3 Å². The van der Waals surface area contributed by atoms with Crippen LogP contribution in [0.5, 0.6) is 5.75 Å². The maximum Gasteiger partial charge on any atom is 0.524 e. The molecule has 0 aliphatic heterocycles. The van der Waals surface area contributed by atoms with Gasteiger partial charge in [0.1, 0.15) is 5.75 Å². The molecular formula is C7H7F2O4P. The molecule has 4 nitrogen and oxygen atoms in total. The zero-order valence-electron chi connectivity index (χ0n) is 6.80. The molecule has 0 amide bonds. The van der Waals surface area contributed by atoms with Crippen LogP contribution >= 0.6 is 7.82 Å². The lowest BCUT2D eigenvalue weighted by molar-refractivity contribution is 0.151. The maximum absolute atomic E-state index is 12.0. The van der Waals surface area contributed by atoms with Crippen molar-refractivity contribution in [2.45, 2.75) is 6.43 Å². The molecule has 0 atom stereocenters. The molecular weight excluding hydrogens is 217 g/mol. The maximum atomic E-state index is 12.0. The fraction of sp³-hybridized carbons (Fsp3) is 0.143. The van der Waals surface area contributed by atoms with E-state index >= 15 is 0 Å². The molecule has 0 radical (unpaired) electrons. The fourth-order valence-electron chi connectivity index (χ4n) is 0.811. The first-order valence-corrected chi connectivity index (χ1v) is 5.05. The molecule has 7 heteroatoms. The summed E-state index contributed by atoms with van der Waals surface area (Å²) >= 11 is 0. The summed E-state index contributed by atoms with van der Waals surface area (Å²) in [6.45, 7) is 0. The molecule has 0 aromatic heterocycles. The molecule has 0 fully saturated rings. The number of rotatable bonds is 3. The third-order valence-corrected chi connectivity index (χ3v) is 1.81. The highest BCUT2D eigenvalue weighted by Crippen LogP contribution is 2.37. The molecule has 78 valence electrons. The summed E-state index contributed by atoms with van der Waals surface area (Å²) in [6, 6.07) is 4.21. The second-order valence-corrected chi connectivity index (χ2v) is 3.62. The number of phosphoric acid groups is 1. The lowest BCUT2D eigenvalue weighted by Crippen LogP contribution is -1.90. The summed E-state index contributed by atoms with van der Waals surface area (Å²) in [7, 11) is -4.61. The van der Waals surface area contributed by atoms with Crippen molar-refractivity contribution in [1.82, 2.24) is 0 Å². The van der Waals surface area contributed by atoms with Crippen LogP contribution in [-0.4, -0.2) is 9.79 Å². The Labute approximate surface area is 78.4 Å². The Morgan fingerprint density at radius 1 is 1.21 bits per heavy atom. The third kappa shape index (κ3) is 3.41. The van der Waals surface area contributed by atoms with Gasteiger partial charge in [-0.15, -0.1) is 0 Å². The molecule has 14 heavy (non-hydrogen) atoms. The van der Waals surface area contributed by atoms with Crippen LogP contribution in [0.2, 0.25) is 0 Å². The van der Waals surface area contributed by atoms with Gasteiger partial charge < -0.3 is 4.52 Å². The minimum Gasteiger partial charge on any atom is -0.404 e. The largest absolute Gasteiger partial charge is 0.524 e. The number of hydrogen-bond acceptors (Lipinski definition) is 2. The van der Waals surface area contributed by atoms with Crippen LogP contribution in [0.3, 0.4) is 0 Å². The smallest absolute Gasteiger partial charge is 0.404 e. The Kier molecular flexibility index (Phi) is 3.21. The van der Waals surface area contributed by atoms with Crippen molar-refractivity contribution < 1.29 is 27.7 Å². The number of alkyl halides is 2. The summed E-state index contributed by atoms with van der Waals surface area (Å²) < 4.78 is 38.6. The van der Waals surface area contributed by atoms with Crippen LogP contribution in [0.1, 0.15) is 12.0 Å². The molecule has 1 aromatic carbocycles. The number of benzene rings is 1. The van der Waals surface area contributed by atoms with Crippen LogP contribution in [0.25, 0.3) is 0 Å². The highest BCUT2D eigenvalue weighted by Gasteiger charge is 2.16. The molecule has 0 bridgehead atoms. The first kappa shape index (κ1) is 11.1. The SMILES string of the molecule is O=P(O)(O)Oc1ccc(C(F)F)cc1. The van der Waals surface area contributed by atoms with E-state index in [2.05, 4.69) is 4.52 Å². The average molecular weight is 224 g/mol. The van der Waals surface area contributed by atoms with Crippen molar-refractivity contribution in [3.63, 3.8) is 0 Å². The van der Waals surface area contributed by atoms with Gasteiger partial charge >= 0.3 is 7.82 Å². The minimum absolute atomic E-state index is 0.150. The van der Waals surface area contributed by atoms with Crippen molar-refractivity contribution in [3.8, 4) is 5.75 Å². The average Bonchev–Trinajstić information content (AvgIpc) is 2.02. The number of hydrogen-bond donors (Lipinski definition) is 2. The van der Waals surface area contributed by atoms with E-state index in [0.717, 1.165) is 24.3 Å². The molecule has 0 heterocycles. The van der Waals surface area contributed by atoms with Crippen LogP contribution in [0, 0.1) is 0 Å². The van der Waals surface area contributed by atoms with E-state index in [1.165, 1.54) is 0 Å². The van der Waals surface area contributed by atoms with Crippen LogP contribution in [0.15, 0.2) is 24.3 Å². The predicted molar refractivity (Wildman–Crippen MR) is 44.1 cm³/mol. The summed E-state index contributed by atoms with van der Waals surface area (Å²) in [5.41, 5.74) is -0.233. The Morgan fingerprint density at radius 2 is 1.71 bits per heavy atom. The van der Waals surface area contributed by atoms with Crippen molar-refractivity contribution in [2.24, 2.45) is 0 Å². The van der Waals surface area contributed by atoms with E-state index in [0.29, 0.717) is 0 Å². The quantitative estimate of drug-likeness (QED) is 0.771. The lowest BCUT2D eigenvalue weighted by Gasteiger charge is -2.06. The minimum atomic E-state index is -4.61. The van der Waals surface area contributed by atoms with Gasteiger partial charge in [-0.2, -0.15) is 0 Å². The van der Waals surface area contributed by atoms with E-state index in [9.17, 15) is 13.3 Å². The number of halogens is 2. The third-order valence-electron chi connectivity index (χ3n) is 1.36. The first-order valence-electron chi connectivity index (χ1n) is 3.52. The normalized spacial score (nSPS) is 11.8. The molecule has 1 aromatic rings. The molecule has 0 aliphatic carbocycles. The summed E-state index contributed by atoms with van der Waals surface area (Å²) in [4.78, 5) is 16.8. The van der Waals surface area contributed by atoms with Gasteiger partial charge in [0, 0.05) is 5.56 Å². The fourth-order valence-corrected chi connectivity index (χ4v) is 1.21.